The quantitative estimate of drug-likeness (QED) is 0.689. The Balaban J connectivity index is 2.89. The molecule has 0 bridgehead atoms. The second kappa shape index (κ2) is 3.50. The highest BCUT2D eigenvalue weighted by Crippen LogP contribution is 2.20. The number of rotatable bonds is 3. The maximum atomic E-state index is 6.05. The Kier molecular flexibility index (Phi) is 2.61. The fraction of sp³-hybridized carbons (Fsp3) is 0.300. The van der Waals surface area contributed by atoms with Gasteiger partial charge in [-0.15, -0.1) is 6.58 Å². The highest BCUT2D eigenvalue weighted by atomic mass is 14.7. The summed E-state index contributed by atoms with van der Waals surface area (Å²) in [5, 5.41) is 0. The number of hydrogen-bond donors (Lipinski definition) is 1. The third-order valence-corrected chi connectivity index (χ3v) is 1.91. The van der Waals surface area contributed by atoms with Gasteiger partial charge >= 0.3 is 0 Å². The number of aromatic nitrogens is 1. The van der Waals surface area contributed by atoms with E-state index in [1.807, 2.05) is 25.1 Å². The minimum atomic E-state index is -0.315. The maximum absolute atomic E-state index is 6.05. The van der Waals surface area contributed by atoms with Crippen molar-refractivity contribution < 1.29 is 0 Å². The summed E-state index contributed by atoms with van der Waals surface area (Å²) in [5.74, 6) is 0. The number of nitrogens with zero attached hydrogens (tertiary/aromatic N) is 1. The van der Waals surface area contributed by atoms with E-state index in [4.69, 9.17) is 5.73 Å². The van der Waals surface area contributed by atoms with Crippen LogP contribution >= 0.6 is 0 Å². The first-order valence-electron chi connectivity index (χ1n) is 3.97. The second-order valence-electron chi connectivity index (χ2n) is 3.15. The van der Waals surface area contributed by atoms with E-state index < -0.39 is 0 Å². The van der Waals surface area contributed by atoms with Gasteiger partial charge in [0.15, 0.2) is 0 Å². The van der Waals surface area contributed by atoms with Gasteiger partial charge in [0, 0.05) is 17.9 Å². The summed E-state index contributed by atoms with van der Waals surface area (Å²) >= 11 is 0. The van der Waals surface area contributed by atoms with Crippen molar-refractivity contribution in [2.24, 2.45) is 5.73 Å². The van der Waals surface area contributed by atoms with Crippen LogP contribution < -0.4 is 5.73 Å². The zero-order valence-corrected chi connectivity index (χ0v) is 7.33. The van der Waals surface area contributed by atoms with E-state index in [1.54, 1.807) is 12.4 Å². The molecule has 0 radical (unpaired) electrons. The summed E-state index contributed by atoms with van der Waals surface area (Å²) in [6, 6.07) is 3.87. The lowest BCUT2D eigenvalue weighted by Crippen LogP contribution is -2.32. The lowest BCUT2D eigenvalue weighted by Gasteiger charge is -2.22. The summed E-state index contributed by atoms with van der Waals surface area (Å²) in [5.41, 5.74) is 6.83. The van der Waals surface area contributed by atoms with Gasteiger partial charge in [0.05, 0.1) is 0 Å². The predicted molar refractivity (Wildman–Crippen MR) is 50.6 cm³/mol. The Morgan fingerprint density at radius 2 is 2.17 bits per heavy atom. The second-order valence-corrected chi connectivity index (χ2v) is 3.15. The van der Waals surface area contributed by atoms with E-state index >= 15 is 0 Å². The fourth-order valence-corrected chi connectivity index (χ4v) is 1.15. The highest BCUT2D eigenvalue weighted by Gasteiger charge is 2.18. The zero-order valence-electron chi connectivity index (χ0n) is 7.33. The topological polar surface area (TPSA) is 38.9 Å². The van der Waals surface area contributed by atoms with E-state index in [1.165, 1.54) is 0 Å². The Morgan fingerprint density at radius 3 is 2.67 bits per heavy atom. The van der Waals surface area contributed by atoms with Crippen LogP contribution in [-0.2, 0) is 5.54 Å². The minimum absolute atomic E-state index is 0.315. The van der Waals surface area contributed by atoms with E-state index in [0.29, 0.717) is 0 Å². The molecule has 0 aliphatic rings. The van der Waals surface area contributed by atoms with Crippen molar-refractivity contribution in [2.45, 2.75) is 18.9 Å². The first-order valence-corrected chi connectivity index (χ1v) is 3.97. The SMILES string of the molecule is C=CC[C@@](C)(N)c1ccncc1. The van der Waals surface area contributed by atoms with E-state index in [9.17, 15) is 0 Å². The molecule has 1 heterocycles. The molecule has 1 aromatic heterocycles. The molecule has 2 nitrogen and oxygen atoms in total. The van der Waals surface area contributed by atoms with Crippen molar-refractivity contribution in [1.29, 1.82) is 0 Å². The summed E-state index contributed by atoms with van der Waals surface area (Å²) in [6.45, 7) is 5.67. The van der Waals surface area contributed by atoms with Crippen molar-refractivity contribution in [3.63, 3.8) is 0 Å². The van der Waals surface area contributed by atoms with Crippen LogP contribution in [0.1, 0.15) is 18.9 Å². The van der Waals surface area contributed by atoms with Gasteiger partial charge in [-0.1, -0.05) is 6.08 Å². The highest BCUT2D eigenvalue weighted by molar-refractivity contribution is 5.20. The zero-order chi connectivity index (χ0) is 9.03. The molecule has 2 heteroatoms. The molecule has 0 aliphatic heterocycles. The van der Waals surface area contributed by atoms with Crippen LogP contribution in [0.3, 0.4) is 0 Å². The summed E-state index contributed by atoms with van der Waals surface area (Å²) in [4.78, 5) is 3.94. The van der Waals surface area contributed by atoms with Crippen LogP contribution in [0.4, 0.5) is 0 Å². The van der Waals surface area contributed by atoms with Crippen LogP contribution in [0.2, 0.25) is 0 Å². The first kappa shape index (κ1) is 8.94. The Morgan fingerprint density at radius 1 is 1.58 bits per heavy atom. The summed E-state index contributed by atoms with van der Waals surface area (Å²) in [6.07, 6.45) is 6.12. The molecule has 0 saturated heterocycles. The maximum Gasteiger partial charge on any atom is 0.0416 e. The summed E-state index contributed by atoms with van der Waals surface area (Å²) in [7, 11) is 0. The molecule has 0 amide bonds. The summed E-state index contributed by atoms with van der Waals surface area (Å²) < 4.78 is 0. The molecule has 0 spiro atoms. The normalized spacial score (nSPS) is 15.2. The molecule has 0 unspecified atom stereocenters. The number of nitrogens with two attached hydrogens (primary N) is 1. The van der Waals surface area contributed by atoms with Crippen molar-refractivity contribution >= 4 is 0 Å². The smallest absolute Gasteiger partial charge is 0.0416 e. The van der Waals surface area contributed by atoms with Crippen LogP contribution in [0.15, 0.2) is 37.2 Å². The van der Waals surface area contributed by atoms with Gasteiger partial charge in [-0.2, -0.15) is 0 Å². The fourth-order valence-electron chi connectivity index (χ4n) is 1.15. The molecular formula is C10H14N2. The molecule has 0 aliphatic carbocycles. The molecule has 0 fully saturated rings. The van der Waals surface area contributed by atoms with Crippen LogP contribution in [0.5, 0.6) is 0 Å². The van der Waals surface area contributed by atoms with Crippen LogP contribution in [-0.4, -0.2) is 4.98 Å². The van der Waals surface area contributed by atoms with Crippen molar-refractivity contribution in [1.82, 2.24) is 4.98 Å². The van der Waals surface area contributed by atoms with E-state index in [-0.39, 0.29) is 5.54 Å². The monoisotopic (exact) mass is 162 g/mol. The van der Waals surface area contributed by atoms with E-state index in [2.05, 4.69) is 11.6 Å². The average molecular weight is 162 g/mol. The molecule has 1 atom stereocenters. The lowest BCUT2D eigenvalue weighted by molar-refractivity contribution is 0.502. The Bertz CT molecular complexity index is 252. The minimum Gasteiger partial charge on any atom is -0.321 e. The molecule has 64 valence electrons. The van der Waals surface area contributed by atoms with Crippen molar-refractivity contribution in [3.8, 4) is 0 Å². The number of hydrogen-bond acceptors (Lipinski definition) is 2. The van der Waals surface area contributed by atoms with Crippen molar-refractivity contribution in [3.05, 3.63) is 42.7 Å². The molecule has 2 N–H and O–H groups in total. The predicted octanol–water partition coefficient (Wildman–Crippen LogP) is 1.83. The van der Waals surface area contributed by atoms with Gasteiger partial charge in [0.2, 0.25) is 0 Å². The van der Waals surface area contributed by atoms with Gasteiger partial charge in [-0.3, -0.25) is 4.98 Å². The molecule has 1 rings (SSSR count). The molecule has 12 heavy (non-hydrogen) atoms. The first-order chi connectivity index (χ1) is 5.67. The molecule has 0 saturated carbocycles. The van der Waals surface area contributed by atoms with Crippen LogP contribution in [0, 0.1) is 0 Å². The average Bonchev–Trinajstić information content (AvgIpc) is 2.06. The third kappa shape index (κ3) is 1.92. The van der Waals surface area contributed by atoms with Crippen molar-refractivity contribution in [2.75, 3.05) is 0 Å². The van der Waals surface area contributed by atoms with Gasteiger partial charge in [-0.25, -0.2) is 0 Å². The van der Waals surface area contributed by atoms with E-state index in [0.717, 1.165) is 12.0 Å². The lowest BCUT2D eigenvalue weighted by atomic mass is 9.91. The standard InChI is InChI=1S/C10H14N2/c1-3-6-10(2,11)9-4-7-12-8-5-9/h3-5,7-8H,1,6,11H2,2H3/t10-/m1/s1. The van der Waals surface area contributed by atoms with Gasteiger partial charge in [-0.05, 0) is 31.0 Å². The Labute approximate surface area is 73.1 Å². The largest absolute Gasteiger partial charge is 0.321 e. The molecule has 0 aromatic carbocycles. The van der Waals surface area contributed by atoms with Gasteiger partial charge < -0.3 is 5.73 Å². The van der Waals surface area contributed by atoms with Crippen LogP contribution in [0.25, 0.3) is 0 Å². The van der Waals surface area contributed by atoms with Gasteiger partial charge in [0.1, 0.15) is 0 Å². The third-order valence-electron chi connectivity index (χ3n) is 1.91. The van der Waals surface area contributed by atoms with Gasteiger partial charge in [0.25, 0.3) is 0 Å². The Hall–Kier alpha value is -1.15. The number of pyridine rings is 1. The molecule has 1 aromatic rings. The molecular weight excluding hydrogens is 148 g/mol.